The molecule has 0 aromatic carbocycles. The van der Waals surface area contributed by atoms with Crippen molar-refractivity contribution in [1.82, 2.24) is 9.88 Å². The van der Waals surface area contributed by atoms with Gasteiger partial charge in [0.1, 0.15) is 6.04 Å². The lowest BCUT2D eigenvalue weighted by atomic mass is 9.89. The lowest BCUT2D eigenvalue weighted by Crippen LogP contribution is -2.49. The van der Waals surface area contributed by atoms with Gasteiger partial charge in [-0.05, 0) is 36.5 Å². The van der Waals surface area contributed by atoms with E-state index in [9.17, 15) is 14.7 Å². The van der Waals surface area contributed by atoms with E-state index in [4.69, 9.17) is 0 Å². The Balaban J connectivity index is 2.06. The van der Waals surface area contributed by atoms with Crippen molar-refractivity contribution in [3.63, 3.8) is 0 Å². The van der Waals surface area contributed by atoms with Crippen LogP contribution in [-0.4, -0.2) is 39.5 Å². The Hall–Kier alpha value is -2.17. The van der Waals surface area contributed by atoms with Crippen molar-refractivity contribution in [1.29, 1.82) is 0 Å². The summed E-state index contributed by atoms with van der Waals surface area (Å²) >= 11 is 0. The summed E-state index contributed by atoms with van der Waals surface area (Å²) in [6, 6.07) is 2.92. The Morgan fingerprint density at radius 2 is 2.33 bits per heavy atom. The highest BCUT2D eigenvalue weighted by Crippen LogP contribution is 2.25. The van der Waals surface area contributed by atoms with Crippen LogP contribution in [-0.2, 0) is 9.59 Å². The van der Waals surface area contributed by atoms with Gasteiger partial charge < -0.3 is 10.0 Å². The van der Waals surface area contributed by atoms with Crippen molar-refractivity contribution in [2.24, 2.45) is 5.92 Å². The lowest BCUT2D eigenvalue weighted by molar-refractivity contribution is -0.151. The van der Waals surface area contributed by atoms with Crippen LogP contribution in [0.3, 0.4) is 0 Å². The number of aromatic nitrogens is 1. The number of aliphatic carboxylic acids is 1. The summed E-state index contributed by atoms with van der Waals surface area (Å²) in [6.07, 6.45) is 8.78. The summed E-state index contributed by atoms with van der Waals surface area (Å²) in [4.78, 5) is 29.0. The van der Waals surface area contributed by atoms with Gasteiger partial charge in [-0.3, -0.25) is 9.78 Å². The maximum absolute atomic E-state index is 12.2. The second-order valence-electron chi connectivity index (χ2n) is 5.30. The van der Waals surface area contributed by atoms with Crippen LogP contribution in [0.2, 0.25) is 0 Å². The third-order valence-corrected chi connectivity index (χ3v) is 3.96. The van der Waals surface area contributed by atoms with E-state index >= 15 is 0 Å². The molecule has 1 N–H and O–H groups in total. The molecule has 2 unspecified atom stereocenters. The minimum atomic E-state index is -0.920. The predicted molar refractivity (Wildman–Crippen MR) is 79.4 cm³/mol. The molecule has 1 aliphatic heterocycles. The van der Waals surface area contributed by atoms with E-state index in [-0.39, 0.29) is 5.91 Å². The number of carboxylic acids is 1. The first-order valence-corrected chi connectivity index (χ1v) is 7.23. The highest BCUT2D eigenvalue weighted by atomic mass is 16.4. The van der Waals surface area contributed by atoms with Crippen LogP contribution in [0.4, 0.5) is 0 Å². The van der Waals surface area contributed by atoms with Gasteiger partial charge in [0.15, 0.2) is 0 Å². The molecule has 0 radical (unpaired) electrons. The van der Waals surface area contributed by atoms with Crippen LogP contribution in [0.5, 0.6) is 0 Å². The van der Waals surface area contributed by atoms with Crippen molar-refractivity contribution in [2.45, 2.75) is 32.2 Å². The average molecular weight is 288 g/mol. The molecule has 1 aromatic heterocycles. The van der Waals surface area contributed by atoms with Crippen molar-refractivity contribution in [3.05, 3.63) is 36.2 Å². The SMILES string of the molecule is CCC1CCN(C(=O)/C=C/c2cccnc2)C(C(=O)O)C1. The molecule has 0 aliphatic carbocycles. The highest BCUT2D eigenvalue weighted by molar-refractivity contribution is 5.94. The molecule has 0 bridgehead atoms. The van der Waals surface area contributed by atoms with Gasteiger partial charge >= 0.3 is 5.97 Å². The predicted octanol–water partition coefficient (Wildman–Crippen LogP) is 2.20. The number of likely N-dealkylation sites (tertiary alicyclic amines) is 1. The minimum absolute atomic E-state index is 0.249. The molecular formula is C16H20N2O3. The van der Waals surface area contributed by atoms with Crippen LogP contribution in [0, 0.1) is 5.92 Å². The average Bonchev–Trinajstić information content (AvgIpc) is 2.52. The number of nitrogens with zero attached hydrogens (tertiary/aromatic N) is 2. The van der Waals surface area contributed by atoms with E-state index in [1.54, 1.807) is 24.5 Å². The van der Waals surface area contributed by atoms with E-state index in [1.807, 2.05) is 6.07 Å². The Bertz CT molecular complexity index is 528. The third kappa shape index (κ3) is 3.90. The van der Waals surface area contributed by atoms with Gasteiger partial charge in [0.25, 0.3) is 0 Å². The number of rotatable bonds is 4. The quantitative estimate of drug-likeness (QED) is 0.862. The molecule has 2 atom stereocenters. The zero-order valence-corrected chi connectivity index (χ0v) is 12.1. The van der Waals surface area contributed by atoms with Gasteiger partial charge in [0.2, 0.25) is 5.91 Å². The number of pyridine rings is 1. The minimum Gasteiger partial charge on any atom is -0.480 e. The van der Waals surface area contributed by atoms with Crippen LogP contribution in [0.15, 0.2) is 30.6 Å². The van der Waals surface area contributed by atoms with E-state index in [0.29, 0.717) is 18.9 Å². The summed E-state index contributed by atoms with van der Waals surface area (Å²) in [5.74, 6) is -0.783. The Morgan fingerprint density at radius 3 is 2.95 bits per heavy atom. The van der Waals surface area contributed by atoms with E-state index in [1.165, 1.54) is 11.0 Å². The zero-order valence-electron chi connectivity index (χ0n) is 12.1. The van der Waals surface area contributed by atoms with Gasteiger partial charge in [-0.15, -0.1) is 0 Å². The van der Waals surface area contributed by atoms with Gasteiger partial charge in [-0.1, -0.05) is 19.4 Å². The van der Waals surface area contributed by atoms with Crippen LogP contribution < -0.4 is 0 Å². The number of hydrogen-bond acceptors (Lipinski definition) is 3. The fourth-order valence-electron chi connectivity index (χ4n) is 2.64. The van der Waals surface area contributed by atoms with Crippen molar-refractivity contribution >= 4 is 18.0 Å². The molecule has 0 spiro atoms. The van der Waals surface area contributed by atoms with Gasteiger partial charge in [-0.2, -0.15) is 0 Å². The molecule has 1 aromatic rings. The van der Waals surface area contributed by atoms with Crippen LogP contribution in [0.25, 0.3) is 6.08 Å². The first-order valence-electron chi connectivity index (χ1n) is 7.23. The van der Waals surface area contributed by atoms with E-state index in [2.05, 4.69) is 11.9 Å². The van der Waals surface area contributed by atoms with Crippen LogP contribution >= 0.6 is 0 Å². The standard InChI is InChI=1S/C16H20N2O3/c1-2-12-7-9-18(14(10-12)16(20)21)15(19)6-5-13-4-3-8-17-11-13/h3-6,8,11-12,14H,2,7,9-10H2,1H3,(H,20,21)/b6-5+. The van der Waals surface area contributed by atoms with Gasteiger partial charge in [-0.25, -0.2) is 4.79 Å². The van der Waals surface area contributed by atoms with E-state index < -0.39 is 12.0 Å². The first kappa shape index (κ1) is 15.2. The monoisotopic (exact) mass is 288 g/mol. The molecule has 1 fully saturated rings. The Kier molecular flexibility index (Phi) is 5.09. The summed E-state index contributed by atoms with van der Waals surface area (Å²) in [5, 5.41) is 9.33. The number of carbonyl (C=O) groups excluding carboxylic acids is 1. The molecule has 1 saturated heterocycles. The number of amides is 1. The van der Waals surface area contributed by atoms with Crippen LogP contribution in [0.1, 0.15) is 31.7 Å². The maximum atomic E-state index is 12.2. The molecule has 21 heavy (non-hydrogen) atoms. The normalized spacial score (nSPS) is 22.4. The molecule has 0 saturated carbocycles. The van der Waals surface area contributed by atoms with Crippen molar-refractivity contribution in [2.75, 3.05) is 6.54 Å². The molecule has 5 nitrogen and oxygen atoms in total. The topological polar surface area (TPSA) is 70.5 Å². The van der Waals surface area contributed by atoms with Crippen molar-refractivity contribution in [3.8, 4) is 0 Å². The first-order chi connectivity index (χ1) is 10.1. The summed E-state index contributed by atoms with van der Waals surface area (Å²) in [7, 11) is 0. The zero-order chi connectivity index (χ0) is 15.2. The molecule has 2 rings (SSSR count). The second kappa shape index (κ2) is 7.02. The summed E-state index contributed by atoms with van der Waals surface area (Å²) in [5.41, 5.74) is 0.821. The third-order valence-electron chi connectivity index (χ3n) is 3.96. The Labute approximate surface area is 124 Å². The molecule has 1 aliphatic rings. The molecular weight excluding hydrogens is 268 g/mol. The number of carbonyl (C=O) groups is 2. The fourth-order valence-corrected chi connectivity index (χ4v) is 2.64. The summed E-state index contributed by atoms with van der Waals surface area (Å²) in [6.45, 7) is 2.56. The fraction of sp³-hybridized carbons (Fsp3) is 0.438. The number of carboxylic acid groups (broad SMARTS) is 1. The highest BCUT2D eigenvalue weighted by Gasteiger charge is 2.34. The van der Waals surface area contributed by atoms with Gasteiger partial charge in [0, 0.05) is 25.0 Å². The second-order valence-corrected chi connectivity index (χ2v) is 5.30. The largest absolute Gasteiger partial charge is 0.480 e. The molecule has 112 valence electrons. The molecule has 5 heteroatoms. The Morgan fingerprint density at radius 1 is 1.52 bits per heavy atom. The van der Waals surface area contributed by atoms with Gasteiger partial charge in [0.05, 0.1) is 0 Å². The van der Waals surface area contributed by atoms with E-state index in [0.717, 1.165) is 18.4 Å². The maximum Gasteiger partial charge on any atom is 0.326 e. The number of hydrogen-bond donors (Lipinski definition) is 1. The molecule has 1 amide bonds. The van der Waals surface area contributed by atoms with Crippen molar-refractivity contribution < 1.29 is 14.7 Å². The lowest BCUT2D eigenvalue weighted by Gasteiger charge is -2.36. The molecule has 2 heterocycles. The number of piperidine rings is 1. The smallest absolute Gasteiger partial charge is 0.326 e. The summed E-state index contributed by atoms with van der Waals surface area (Å²) < 4.78 is 0.